The molecule has 0 spiro atoms. The highest BCUT2D eigenvalue weighted by Crippen LogP contribution is 2.42. The summed E-state index contributed by atoms with van der Waals surface area (Å²) in [7, 11) is 2.14. The molecular formula is C17H20N2O2. The van der Waals surface area contributed by atoms with Crippen LogP contribution in [0.1, 0.15) is 18.4 Å². The largest absolute Gasteiger partial charge is 0.385 e. The van der Waals surface area contributed by atoms with E-state index in [4.69, 9.17) is 4.74 Å². The number of nitrogens with zero attached hydrogens (tertiary/aromatic N) is 2. The van der Waals surface area contributed by atoms with E-state index in [0.29, 0.717) is 26.1 Å². The second-order valence-corrected chi connectivity index (χ2v) is 6.33. The van der Waals surface area contributed by atoms with Crippen molar-refractivity contribution in [3.8, 4) is 0 Å². The third kappa shape index (κ3) is 2.06. The van der Waals surface area contributed by atoms with Gasteiger partial charge in [0.15, 0.2) is 0 Å². The van der Waals surface area contributed by atoms with Crippen LogP contribution in [0.15, 0.2) is 36.5 Å². The topological polar surface area (TPSA) is 45.6 Å². The van der Waals surface area contributed by atoms with E-state index in [9.17, 15) is 5.11 Å². The average Bonchev–Trinajstić information content (AvgIpc) is 2.48. The Hall–Kier alpha value is -1.49. The maximum Gasteiger partial charge on any atom is 0.0934 e. The second-order valence-electron chi connectivity index (χ2n) is 6.33. The summed E-state index contributed by atoms with van der Waals surface area (Å²) in [6.07, 6.45) is 3.23. The van der Waals surface area contributed by atoms with E-state index in [0.717, 1.165) is 16.5 Å². The fourth-order valence-electron chi connectivity index (χ4n) is 3.87. The minimum absolute atomic E-state index is 0.287. The van der Waals surface area contributed by atoms with Gasteiger partial charge in [0.05, 0.1) is 24.3 Å². The summed E-state index contributed by atoms with van der Waals surface area (Å²) in [6, 6.07) is 10.6. The van der Waals surface area contributed by atoms with Crippen molar-refractivity contribution in [1.82, 2.24) is 9.88 Å². The van der Waals surface area contributed by atoms with E-state index < -0.39 is 5.60 Å². The van der Waals surface area contributed by atoms with Crippen LogP contribution < -0.4 is 0 Å². The lowest BCUT2D eigenvalue weighted by molar-refractivity contribution is -0.137. The summed E-state index contributed by atoms with van der Waals surface area (Å²) in [5.41, 5.74) is 1.18. The van der Waals surface area contributed by atoms with E-state index in [2.05, 4.69) is 23.0 Å². The van der Waals surface area contributed by atoms with Gasteiger partial charge in [0, 0.05) is 23.7 Å². The number of aromatic nitrogens is 1. The highest BCUT2D eigenvalue weighted by molar-refractivity contribution is 5.82. The van der Waals surface area contributed by atoms with Crippen molar-refractivity contribution in [2.24, 2.45) is 0 Å². The zero-order valence-corrected chi connectivity index (χ0v) is 12.2. The third-order valence-corrected chi connectivity index (χ3v) is 5.07. The number of benzene rings is 1. The van der Waals surface area contributed by atoms with Gasteiger partial charge in [-0.1, -0.05) is 18.2 Å². The molecule has 110 valence electrons. The molecule has 3 heterocycles. The number of hydrogen-bond donors (Lipinski definition) is 1. The Kier molecular flexibility index (Phi) is 2.99. The van der Waals surface area contributed by atoms with Gasteiger partial charge in [0.2, 0.25) is 0 Å². The SMILES string of the molecule is CN1C2COCC1CC(O)(c1cccc3ncccc13)C2. The molecule has 2 bridgehead atoms. The summed E-state index contributed by atoms with van der Waals surface area (Å²) in [5, 5.41) is 12.4. The van der Waals surface area contributed by atoms with E-state index >= 15 is 0 Å². The fourth-order valence-corrected chi connectivity index (χ4v) is 3.87. The zero-order valence-electron chi connectivity index (χ0n) is 12.2. The van der Waals surface area contributed by atoms with Crippen LogP contribution in [0.3, 0.4) is 0 Å². The maximum absolute atomic E-state index is 11.4. The highest BCUT2D eigenvalue weighted by atomic mass is 16.5. The van der Waals surface area contributed by atoms with Crippen LogP contribution in [-0.4, -0.2) is 47.3 Å². The van der Waals surface area contributed by atoms with E-state index in [-0.39, 0.29) is 12.1 Å². The van der Waals surface area contributed by atoms with Crippen molar-refractivity contribution in [3.05, 3.63) is 42.1 Å². The van der Waals surface area contributed by atoms with Gasteiger partial charge in [-0.25, -0.2) is 0 Å². The molecule has 2 fully saturated rings. The number of morpholine rings is 1. The molecule has 4 heteroatoms. The summed E-state index contributed by atoms with van der Waals surface area (Å²) in [5.74, 6) is 0. The van der Waals surface area contributed by atoms with Crippen LogP contribution in [0, 0.1) is 0 Å². The molecule has 4 nitrogen and oxygen atoms in total. The molecule has 1 aromatic carbocycles. The molecule has 21 heavy (non-hydrogen) atoms. The average molecular weight is 284 g/mol. The number of piperidine rings is 1. The van der Waals surface area contributed by atoms with E-state index in [1.54, 1.807) is 6.20 Å². The molecule has 2 aliphatic heterocycles. The van der Waals surface area contributed by atoms with Gasteiger partial charge in [-0.05, 0) is 37.6 Å². The lowest BCUT2D eigenvalue weighted by Crippen LogP contribution is -2.59. The molecule has 0 radical (unpaired) electrons. The number of hydrogen-bond acceptors (Lipinski definition) is 4. The first-order valence-electron chi connectivity index (χ1n) is 7.54. The Morgan fingerprint density at radius 1 is 1.19 bits per heavy atom. The van der Waals surface area contributed by atoms with Gasteiger partial charge in [-0.3, -0.25) is 9.88 Å². The van der Waals surface area contributed by atoms with Gasteiger partial charge in [-0.2, -0.15) is 0 Å². The zero-order chi connectivity index (χ0) is 14.4. The Bertz CT molecular complexity index is 653. The highest BCUT2D eigenvalue weighted by Gasteiger charge is 2.46. The van der Waals surface area contributed by atoms with Crippen LogP contribution in [0.25, 0.3) is 10.9 Å². The molecule has 0 saturated carbocycles. The first-order valence-corrected chi connectivity index (χ1v) is 7.54. The van der Waals surface area contributed by atoms with Gasteiger partial charge >= 0.3 is 0 Å². The molecule has 1 aromatic heterocycles. The number of ether oxygens (including phenoxy) is 1. The summed E-state index contributed by atoms with van der Waals surface area (Å²) < 4.78 is 5.66. The maximum atomic E-state index is 11.4. The van der Waals surface area contributed by atoms with Gasteiger partial charge in [-0.15, -0.1) is 0 Å². The third-order valence-electron chi connectivity index (χ3n) is 5.07. The summed E-state index contributed by atoms with van der Waals surface area (Å²) >= 11 is 0. The smallest absolute Gasteiger partial charge is 0.0934 e. The van der Waals surface area contributed by atoms with Gasteiger partial charge < -0.3 is 9.84 Å². The molecule has 0 amide bonds. The van der Waals surface area contributed by atoms with Gasteiger partial charge in [0.1, 0.15) is 0 Å². The van der Waals surface area contributed by atoms with Crippen LogP contribution in [0.4, 0.5) is 0 Å². The molecule has 2 aliphatic rings. The molecule has 1 N–H and O–H groups in total. The first-order chi connectivity index (χ1) is 10.2. The number of likely N-dealkylation sites (N-methyl/N-ethyl adjacent to an activating group) is 1. The molecule has 0 aliphatic carbocycles. The number of fused-ring (bicyclic) bond motifs is 3. The fraction of sp³-hybridized carbons (Fsp3) is 0.471. The van der Waals surface area contributed by atoms with Crippen molar-refractivity contribution in [2.45, 2.75) is 30.5 Å². The van der Waals surface area contributed by atoms with Crippen molar-refractivity contribution in [3.63, 3.8) is 0 Å². The van der Waals surface area contributed by atoms with E-state index in [1.807, 2.05) is 24.3 Å². The lowest BCUT2D eigenvalue weighted by atomic mass is 9.76. The molecule has 2 unspecified atom stereocenters. The summed E-state index contributed by atoms with van der Waals surface area (Å²) in [6.45, 7) is 1.41. The van der Waals surface area contributed by atoms with Crippen LogP contribution in [-0.2, 0) is 10.3 Å². The predicted molar refractivity (Wildman–Crippen MR) is 81.0 cm³/mol. The molecule has 4 rings (SSSR count). The number of aliphatic hydroxyl groups is 1. The standard InChI is InChI=1S/C17H20N2O2/c1-19-12-8-17(20,9-13(19)11-21-10-12)15-5-2-6-16-14(15)4-3-7-18-16/h2-7,12-13,20H,8-11H2,1H3. The molecular weight excluding hydrogens is 264 g/mol. The Labute approximate surface area is 124 Å². The minimum atomic E-state index is -0.784. The number of pyridine rings is 1. The molecule has 2 atom stereocenters. The van der Waals surface area contributed by atoms with Crippen molar-refractivity contribution < 1.29 is 9.84 Å². The normalized spacial score (nSPS) is 33.2. The predicted octanol–water partition coefficient (Wildman–Crippen LogP) is 1.92. The van der Waals surface area contributed by atoms with Crippen molar-refractivity contribution >= 4 is 10.9 Å². The monoisotopic (exact) mass is 284 g/mol. The summed E-state index contributed by atoms with van der Waals surface area (Å²) in [4.78, 5) is 6.77. The first kappa shape index (κ1) is 13.2. The lowest BCUT2D eigenvalue weighted by Gasteiger charge is -2.50. The van der Waals surface area contributed by atoms with Crippen LogP contribution >= 0.6 is 0 Å². The quantitative estimate of drug-likeness (QED) is 0.869. The minimum Gasteiger partial charge on any atom is -0.385 e. The molecule has 2 saturated heterocycles. The van der Waals surface area contributed by atoms with Gasteiger partial charge in [0.25, 0.3) is 0 Å². The van der Waals surface area contributed by atoms with Crippen LogP contribution in [0.2, 0.25) is 0 Å². The number of rotatable bonds is 1. The van der Waals surface area contributed by atoms with Crippen molar-refractivity contribution in [1.29, 1.82) is 0 Å². The van der Waals surface area contributed by atoms with Crippen molar-refractivity contribution in [2.75, 3.05) is 20.3 Å². The Balaban J connectivity index is 1.81. The Morgan fingerprint density at radius 2 is 1.95 bits per heavy atom. The molecule has 2 aromatic rings. The van der Waals surface area contributed by atoms with Crippen LogP contribution in [0.5, 0.6) is 0 Å². The Morgan fingerprint density at radius 3 is 2.71 bits per heavy atom. The van der Waals surface area contributed by atoms with E-state index in [1.165, 1.54) is 0 Å². The second kappa shape index (κ2) is 4.77.